The molecule has 0 aliphatic rings. The number of pyridine rings is 1. The summed E-state index contributed by atoms with van der Waals surface area (Å²) in [6, 6.07) is 8.78. The minimum absolute atomic E-state index is 0.0731. The summed E-state index contributed by atoms with van der Waals surface area (Å²) < 4.78 is 78.1. The summed E-state index contributed by atoms with van der Waals surface area (Å²) in [6.07, 6.45) is -4.58. The Bertz CT molecular complexity index is 1230. The Morgan fingerprint density at radius 1 is 0.970 bits per heavy atom. The van der Waals surface area contributed by atoms with Crippen molar-refractivity contribution in [2.24, 2.45) is 4.99 Å². The standard InChI is InChI=1S/C21H14F6N4O2/c22-14-8-11(9-15(23)18(14)24)10-28-20(30-16-2-1-3-17(32)29-16)31-19(33)12-4-6-13(7-5-12)21(25,26)27/h1-9H,10H2,(H3,28,29,30,31,32,33). The van der Waals surface area contributed by atoms with Gasteiger partial charge in [-0.25, -0.2) is 18.2 Å². The molecule has 0 unspecified atom stereocenters. The van der Waals surface area contributed by atoms with Gasteiger partial charge in [-0.05, 0) is 48.0 Å². The number of carbonyl (C=O) groups is 1. The summed E-state index contributed by atoms with van der Waals surface area (Å²) in [7, 11) is 0. The summed E-state index contributed by atoms with van der Waals surface area (Å²) in [5.41, 5.74) is -1.65. The van der Waals surface area contributed by atoms with Crippen LogP contribution in [0.25, 0.3) is 0 Å². The van der Waals surface area contributed by atoms with Crippen LogP contribution in [0.2, 0.25) is 0 Å². The quantitative estimate of drug-likeness (QED) is 0.232. The van der Waals surface area contributed by atoms with Gasteiger partial charge in [0, 0.05) is 11.6 Å². The summed E-state index contributed by atoms with van der Waals surface area (Å²) in [6.45, 7) is -0.416. The van der Waals surface area contributed by atoms with E-state index in [1.165, 1.54) is 18.2 Å². The number of benzene rings is 2. The number of nitrogens with zero attached hydrogens (tertiary/aromatic N) is 1. The minimum atomic E-state index is -4.58. The Balaban J connectivity index is 1.85. The monoisotopic (exact) mass is 468 g/mol. The number of aliphatic imine (C=N–C) groups is 1. The van der Waals surface area contributed by atoms with Gasteiger partial charge in [-0.3, -0.25) is 14.9 Å². The van der Waals surface area contributed by atoms with Gasteiger partial charge in [0.2, 0.25) is 11.5 Å². The van der Waals surface area contributed by atoms with Gasteiger partial charge in [-0.1, -0.05) is 6.07 Å². The Morgan fingerprint density at radius 3 is 2.18 bits per heavy atom. The summed E-state index contributed by atoms with van der Waals surface area (Å²) in [5.74, 6) is -5.59. The first kappa shape index (κ1) is 23.6. The third-order valence-electron chi connectivity index (χ3n) is 4.19. The van der Waals surface area contributed by atoms with Crippen molar-refractivity contribution < 1.29 is 31.1 Å². The number of nitrogens with one attached hydrogen (secondary N) is 3. The highest BCUT2D eigenvalue weighted by Gasteiger charge is 2.30. The van der Waals surface area contributed by atoms with Crippen molar-refractivity contribution >= 4 is 17.7 Å². The highest BCUT2D eigenvalue weighted by atomic mass is 19.4. The molecule has 1 amide bonds. The topological polar surface area (TPSA) is 86.3 Å². The van der Waals surface area contributed by atoms with Crippen molar-refractivity contribution in [3.63, 3.8) is 0 Å². The van der Waals surface area contributed by atoms with Crippen molar-refractivity contribution in [3.05, 3.63) is 99.1 Å². The number of rotatable bonds is 4. The molecular formula is C21H14F6N4O2. The number of alkyl halides is 3. The maximum Gasteiger partial charge on any atom is 0.416 e. The van der Waals surface area contributed by atoms with Gasteiger partial charge in [0.15, 0.2) is 17.5 Å². The van der Waals surface area contributed by atoms with Gasteiger partial charge in [0.05, 0.1) is 12.1 Å². The third-order valence-corrected chi connectivity index (χ3v) is 4.19. The van der Waals surface area contributed by atoms with Crippen LogP contribution in [-0.2, 0) is 12.7 Å². The van der Waals surface area contributed by atoms with Crippen molar-refractivity contribution in [1.29, 1.82) is 0 Å². The van der Waals surface area contributed by atoms with Gasteiger partial charge in [0.1, 0.15) is 5.82 Å². The predicted octanol–water partition coefficient (Wildman–Crippen LogP) is 4.21. The van der Waals surface area contributed by atoms with Gasteiger partial charge in [-0.15, -0.1) is 0 Å². The molecule has 2 aromatic carbocycles. The fourth-order valence-corrected chi connectivity index (χ4v) is 2.62. The Kier molecular flexibility index (Phi) is 6.85. The van der Waals surface area contributed by atoms with E-state index in [-0.39, 0.29) is 22.9 Å². The number of guanidine groups is 1. The number of hydrogen-bond acceptors (Lipinski definition) is 3. The fourth-order valence-electron chi connectivity index (χ4n) is 2.62. The molecule has 0 fully saturated rings. The van der Waals surface area contributed by atoms with Crippen LogP contribution in [0, 0.1) is 17.5 Å². The molecule has 12 heteroatoms. The second-order valence-corrected chi connectivity index (χ2v) is 6.62. The van der Waals surface area contributed by atoms with E-state index in [0.29, 0.717) is 12.1 Å². The molecule has 0 saturated carbocycles. The van der Waals surface area contributed by atoms with E-state index in [0.717, 1.165) is 24.3 Å². The highest BCUT2D eigenvalue weighted by molar-refractivity contribution is 6.09. The predicted molar refractivity (Wildman–Crippen MR) is 107 cm³/mol. The maximum absolute atomic E-state index is 13.4. The average molecular weight is 468 g/mol. The van der Waals surface area contributed by atoms with Crippen molar-refractivity contribution in [3.8, 4) is 0 Å². The Morgan fingerprint density at radius 2 is 1.61 bits per heavy atom. The zero-order chi connectivity index (χ0) is 24.2. The van der Waals surface area contributed by atoms with Crippen LogP contribution >= 0.6 is 0 Å². The lowest BCUT2D eigenvalue weighted by Crippen LogP contribution is -2.36. The van der Waals surface area contributed by atoms with E-state index >= 15 is 0 Å². The fraction of sp³-hybridized carbons (Fsp3) is 0.0952. The smallest absolute Gasteiger partial charge is 0.312 e. The molecule has 0 bridgehead atoms. The van der Waals surface area contributed by atoms with E-state index in [1.807, 2.05) is 0 Å². The molecule has 0 atom stereocenters. The summed E-state index contributed by atoms with van der Waals surface area (Å²) in [4.78, 5) is 30.3. The lowest BCUT2D eigenvalue weighted by Gasteiger charge is -2.12. The van der Waals surface area contributed by atoms with Crippen molar-refractivity contribution in [2.75, 3.05) is 5.32 Å². The highest BCUT2D eigenvalue weighted by Crippen LogP contribution is 2.29. The van der Waals surface area contributed by atoms with E-state index < -0.39 is 47.2 Å². The molecule has 3 N–H and O–H groups in total. The van der Waals surface area contributed by atoms with Crippen LogP contribution in [0.5, 0.6) is 0 Å². The van der Waals surface area contributed by atoms with Gasteiger partial charge in [0.25, 0.3) is 5.91 Å². The Labute approximate surface area is 182 Å². The number of halogens is 6. The zero-order valence-corrected chi connectivity index (χ0v) is 16.4. The second-order valence-electron chi connectivity index (χ2n) is 6.62. The maximum atomic E-state index is 13.4. The molecule has 0 aliphatic carbocycles. The van der Waals surface area contributed by atoms with Crippen LogP contribution in [0.1, 0.15) is 21.5 Å². The number of carbonyl (C=O) groups excluding carboxylic acids is 1. The zero-order valence-electron chi connectivity index (χ0n) is 16.4. The Hall–Kier alpha value is -4.09. The molecule has 1 heterocycles. The van der Waals surface area contributed by atoms with Crippen molar-refractivity contribution in [2.45, 2.75) is 12.7 Å². The first-order chi connectivity index (χ1) is 15.5. The molecule has 0 spiro atoms. The molecule has 0 aliphatic heterocycles. The number of aromatic nitrogens is 1. The van der Waals surface area contributed by atoms with Gasteiger partial charge in [-0.2, -0.15) is 13.2 Å². The lowest BCUT2D eigenvalue weighted by atomic mass is 10.1. The molecule has 172 valence electrons. The molecule has 3 aromatic rings. The van der Waals surface area contributed by atoms with Crippen LogP contribution in [-0.4, -0.2) is 16.9 Å². The molecule has 0 saturated heterocycles. The molecule has 33 heavy (non-hydrogen) atoms. The SMILES string of the molecule is O=C(NC(=NCc1cc(F)c(F)c(F)c1)Nc1cccc(=O)[nH]1)c1ccc(C(F)(F)F)cc1. The van der Waals surface area contributed by atoms with Gasteiger partial charge >= 0.3 is 6.18 Å². The average Bonchev–Trinajstić information content (AvgIpc) is 2.75. The number of hydrogen-bond donors (Lipinski definition) is 3. The van der Waals surface area contributed by atoms with Crippen LogP contribution in [0.15, 0.2) is 64.4 Å². The summed E-state index contributed by atoms with van der Waals surface area (Å²) >= 11 is 0. The number of anilines is 1. The minimum Gasteiger partial charge on any atom is -0.312 e. The molecule has 3 rings (SSSR count). The van der Waals surface area contributed by atoms with E-state index in [4.69, 9.17) is 0 Å². The second kappa shape index (κ2) is 9.59. The largest absolute Gasteiger partial charge is 0.416 e. The lowest BCUT2D eigenvalue weighted by molar-refractivity contribution is -0.137. The van der Waals surface area contributed by atoms with Gasteiger partial charge < -0.3 is 10.3 Å². The van der Waals surface area contributed by atoms with E-state index in [1.54, 1.807) is 0 Å². The van der Waals surface area contributed by atoms with Crippen molar-refractivity contribution in [1.82, 2.24) is 10.3 Å². The summed E-state index contributed by atoms with van der Waals surface area (Å²) in [5, 5.41) is 4.89. The molecule has 1 aromatic heterocycles. The first-order valence-electron chi connectivity index (χ1n) is 9.16. The normalized spacial score (nSPS) is 11.9. The third kappa shape index (κ3) is 6.21. The number of amides is 1. The number of aromatic amines is 1. The van der Waals surface area contributed by atoms with E-state index in [2.05, 4.69) is 20.6 Å². The molecule has 0 radical (unpaired) electrons. The van der Waals surface area contributed by atoms with E-state index in [9.17, 15) is 35.9 Å². The van der Waals surface area contributed by atoms with Crippen LogP contribution in [0.4, 0.5) is 32.2 Å². The van der Waals surface area contributed by atoms with Crippen LogP contribution in [0.3, 0.4) is 0 Å². The first-order valence-corrected chi connectivity index (χ1v) is 9.16. The molecular weight excluding hydrogens is 454 g/mol. The van der Waals surface area contributed by atoms with Crippen LogP contribution < -0.4 is 16.2 Å². The number of H-pyrrole nitrogens is 1. The molecule has 6 nitrogen and oxygen atoms in total.